The number of sulfonamides is 1. The lowest BCUT2D eigenvalue weighted by Crippen LogP contribution is -2.34. The molecule has 0 bridgehead atoms. The van der Waals surface area contributed by atoms with Gasteiger partial charge in [-0.3, -0.25) is 0 Å². The highest BCUT2D eigenvalue weighted by molar-refractivity contribution is 7.88. The summed E-state index contributed by atoms with van der Waals surface area (Å²) in [5.41, 5.74) is 3.70. The van der Waals surface area contributed by atoms with E-state index in [1.54, 1.807) is 18.2 Å². The van der Waals surface area contributed by atoms with E-state index in [4.69, 9.17) is 0 Å². The zero-order valence-electron chi connectivity index (χ0n) is 14.4. The van der Waals surface area contributed by atoms with Crippen LogP contribution in [0.15, 0.2) is 48.5 Å². The summed E-state index contributed by atoms with van der Waals surface area (Å²) < 4.78 is 25.5. The Bertz CT molecular complexity index is 835. The van der Waals surface area contributed by atoms with Crippen LogP contribution in [0.2, 0.25) is 0 Å². The lowest BCUT2D eigenvalue weighted by molar-refractivity contribution is 0.240. The average molecular weight is 361 g/mol. The molecule has 0 aliphatic rings. The van der Waals surface area contributed by atoms with Gasteiger partial charge in [-0.05, 0) is 30.7 Å². The number of amides is 2. The number of rotatable bonds is 7. The van der Waals surface area contributed by atoms with Gasteiger partial charge in [-0.1, -0.05) is 54.1 Å². The smallest absolute Gasteiger partial charge is 0.315 e. The second-order valence-corrected chi connectivity index (χ2v) is 7.73. The molecule has 0 atom stereocenters. The number of nitrogens with one attached hydrogen (secondary N) is 3. The molecule has 0 fully saturated rings. The number of hydrogen-bond acceptors (Lipinski definition) is 3. The van der Waals surface area contributed by atoms with Crippen molar-refractivity contribution in [3.8, 4) is 0 Å². The molecule has 0 aliphatic carbocycles. The summed E-state index contributed by atoms with van der Waals surface area (Å²) >= 11 is 0. The Hall–Kier alpha value is -2.38. The lowest BCUT2D eigenvalue weighted by atomic mass is 10.1. The maximum atomic E-state index is 11.9. The first kappa shape index (κ1) is 19.0. The standard InChI is InChI=1S/C18H23N3O3S/c1-14-5-3-6-15(9-14)11-20-18(22)21-12-16-7-4-8-17(10-16)13-25(23,24)19-2/h3-10,19H,11-13H2,1-2H3,(H2,20,21,22). The van der Waals surface area contributed by atoms with Gasteiger partial charge in [0.1, 0.15) is 0 Å². The van der Waals surface area contributed by atoms with Crippen molar-refractivity contribution >= 4 is 16.1 Å². The first-order chi connectivity index (χ1) is 11.9. The maximum absolute atomic E-state index is 11.9. The van der Waals surface area contributed by atoms with E-state index in [0.29, 0.717) is 18.7 Å². The van der Waals surface area contributed by atoms with Crippen LogP contribution in [0.5, 0.6) is 0 Å². The molecule has 2 aromatic carbocycles. The Morgan fingerprint density at radius 3 is 2.08 bits per heavy atom. The van der Waals surface area contributed by atoms with Gasteiger partial charge in [-0.15, -0.1) is 0 Å². The molecule has 0 unspecified atom stereocenters. The average Bonchev–Trinajstić information content (AvgIpc) is 2.58. The van der Waals surface area contributed by atoms with Crippen molar-refractivity contribution in [1.82, 2.24) is 15.4 Å². The van der Waals surface area contributed by atoms with E-state index in [-0.39, 0.29) is 11.8 Å². The van der Waals surface area contributed by atoms with Crippen LogP contribution in [0, 0.1) is 6.92 Å². The highest BCUT2D eigenvalue weighted by atomic mass is 32.2. The maximum Gasteiger partial charge on any atom is 0.315 e. The number of hydrogen-bond donors (Lipinski definition) is 3. The van der Waals surface area contributed by atoms with Crippen molar-refractivity contribution in [2.75, 3.05) is 7.05 Å². The predicted molar refractivity (Wildman–Crippen MR) is 98.4 cm³/mol. The molecule has 0 saturated heterocycles. The Labute approximate surface area is 148 Å². The van der Waals surface area contributed by atoms with Gasteiger partial charge in [-0.25, -0.2) is 17.9 Å². The van der Waals surface area contributed by atoms with E-state index in [1.165, 1.54) is 7.05 Å². The van der Waals surface area contributed by atoms with Crippen molar-refractivity contribution in [2.24, 2.45) is 0 Å². The third-order valence-corrected chi connectivity index (χ3v) is 4.98. The molecule has 25 heavy (non-hydrogen) atoms. The molecular weight excluding hydrogens is 338 g/mol. The van der Waals surface area contributed by atoms with Crippen LogP contribution in [0.1, 0.15) is 22.3 Å². The molecule has 2 amide bonds. The van der Waals surface area contributed by atoms with Crippen molar-refractivity contribution in [2.45, 2.75) is 25.8 Å². The van der Waals surface area contributed by atoms with E-state index in [0.717, 1.165) is 16.7 Å². The highest BCUT2D eigenvalue weighted by Crippen LogP contribution is 2.08. The largest absolute Gasteiger partial charge is 0.334 e. The van der Waals surface area contributed by atoms with Gasteiger partial charge in [0.15, 0.2) is 0 Å². The molecule has 134 valence electrons. The summed E-state index contributed by atoms with van der Waals surface area (Å²) in [6.45, 7) is 2.78. The van der Waals surface area contributed by atoms with Crippen molar-refractivity contribution in [1.29, 1.82) is 0 Å². The van der Waals surface area contributed by atoms with Gasteiger partial charge in [0, 0.05) is 13.1 Å². The second kappa shape index (κ2) is 8.64. The Morgan fingerprint density at radius 1 is 0.920 bits per heavy atom. The highest BCUT2D eigenvalue weighted by Gasteiger charge is 2.09. The number of urea groups is 1. The van der Waals surface area contributed by atoms with Crippen LogP contribution in [-0.4, -0.2) is 21.5 Å². The number of carbonyl (C=O) groups excluding carboxylic acids is 1. The summed E-state index contributed by atoms with van der Waals surface area (Å²) in [6, 6.07) is 14.8. The second-order valence-electron chi connectivity index (χ2n) is 5.81. The minimum absolute atomic E-state index is 0.0864. The SMILES string of the molecule is CNS(=O)(=O)Cc1cccc(CNC(=O)NCc2cccc(C)c2)c1. The van der Waals surface area contributed by atoms with E-state index >= 15 is 0 Å². The van der Waals surface area contributed by atoms with E-state index in [2.05, 4.69) is 15.4 Å². The molecule has 6 nitrogen and oxygen atoms in total. The number of benzene rings is 2. The van der Waals surface area contributed by atoms with Crippen molar-refractivity contribution in [3.05, 3.63) is 70.8 Å². The molecule has 3 N–H and O–H groups in total. The Kier molecular flexibility index (Phi) is 6.55. The summed E-state index contributed by atoms with van der Waals surface area (Å²) in [7, 11) is -1.92. The normalized spacial score (nSPS) is 11.1. The first-order valence-electron chi connectivity index (χ1n) is 7.94. The molecule has 0 radical (unpaired) electrons. The molecule has 0 aromatic heterocycles. The molecule has 2 rings (SSSR count). The van der Waals surface area contributed by atoms with Crippen LogP contribution in [0.4, 0.5) is 4.79 Å². The summed E-state index contributed by atoms with van der Waals surface area (Å²) in [4.78, 5) is 11.9. The molecule has 2 aromatic rings. The summed E-state index contributed by atoms with van der Waals surface area (Å²) in [6.07, 6.45) is 0. The fraction of sp³-hybridized carbons (Fsp3) is 0.278. The predicted octanol–water partition coefficient (Wildman–Crippen LogP) is 2.04. The minimum atomic E-state index is -3.31. The van der Waals surface area contributed by atoms with Crippen molar-refractivity contribution in [3.63, 3.8) is 0 Å². The van der Waals surface area contributed by atoms with Gasteiger partial charge < -0.3 is 10.6 Å². The summed E-state index contributed by atoms with van der Waals surface area (Å²) in [5.74, 6) is -0.0864. The van der Waals surface area contributed by atoms with Gasteiger partial charge in [0.2, 0.25) is 10.0 Å². The molecule has 0 aliphatic heterocycles. The first-order valence-corrected chi connectivity index (χ1v) is 9.59. The van der Waals surface area contributed by atoms with E-state index in [9.17, 15) is 13.2 Å². The quantitative estimate of drug-likeness (QED) is 0.705. The summed E-state index contributed by atoms with van der Waals surface area (Å²) in [5, 5.41) is 5.58. The Morgan fingerprint density at radius 2 is 1.48 bits per heavy atom. The fourth-order valence-electron chi connectivity index (χ4n) is 2.37. The van der Waals surface area contributed by atoms with Crippen LogP contribution < -0.4 is 15.4 Å². The molecule has 7 heteroatoms. The molecule has 0 heterocycles. The van der Waals surface area contributed by atoms with Crippen LogP contribution in [0.3, 0.4) is 0 Å². The molecule has 0 saturated carbocycles. The van der Waals surface area contributed by atoms with Crippen LogP contribution in [0.25, 0.3) is 0 Å². The monoisotopic (exact) mass is 361 g/mol. The van der Waals surface area contributed by atoms with Gasteiger partial charge in [0.25, 0.3) is 0 Å². The van der Waals surface area contributed by atoms with Gasteiger partial charge in [-0.2, -0.15) is 0 Å². The third-order valence-electron chi connectivity index (χ3n) is 3.65. The topological polar surface area (TPSA) is 87.3 Å². The van der Waals surface area contributed by atoms with Crippen LogP contribution in [-0.2, 0) is 28.9 Å². The molecular formula is C18H23N3O3S. The molecule has 0 spiro atoms. The number of aryl methyl sites for hydroxylation is 1. The van der Waals surface area contributed by atoms with Gasteiger partial charge >= 0.3 is 6.03 Å². The zero-order chi connectivity index (χ0) is 18.3. The Balaban J connectivity index is 1.85. The van der Waals surface area contributed by atoms with Gasteiger partial charge in [0.05, 0.1) is 5.75 Å². The van der Waals surface area contributed by atoms with Crippen molar-refractivity contribution < 1.29 is 13.2 Å². The minimum Gasteiger partial charge on any atom is -0.334 e. The zero-order valence-corrected chi connectivity index (χ0v) is 15.2. The lowest BCUT2D eigenvalue weighted by Gasteiger charge is -2.09. The fourth-order valence-corrected chi connectivity index (χ4v) is 3.13. The van der Waals surface area contributed by atoms with Crippen LogP contribution >= 0.6 is 0 Å². The van der Waals surface area contributed by atoms with E-state index < -0.39 is 10.0 Å². The number of carbonyl (C=O) groups is 1. The van der Waals surface area contributed by atoms with E-state index in [1.807, 2.05) is 37.3 Å². The third kappa shape index (κ3) is 6.56.